The number of benzene rings is 2. The van der Waals surface area contributed by atoms with Crippen molar-refractivity contribution < 1.29 is 9.53 Å². The van der Waals surface area contributed by atoms with E-state index in [0.717, 1.165) is 11.3 Å². The Morgan fingerprint density at radius 3 is 2.67 bits per heavy atom. The highest BCUT2D eigenvalue weighted by Gasteiger charge is 2.19. The standard InChI is InChI=1S/C18H20Cl2N2O2/c1-12(18(23)21-16-9-5-8-15(19)17(16)20)22(2)11-13-6-4-7-14(10-13)24-3/h4-10,12H,11H2,1-3H3,(H,21,23). The van der Waals surface area contributed by atoms with Crippen LogP contribution in [0.25, 0.3) is 0 Å². The summed E-state index contributed by atoms with van der Waals surface area (Å²) in [6.45, 7) is 2.46. The molecule has 1 amide bonds. The first-order valence-corrected chi connectivity index (χ1v) is 8.26. The van der Waals surface area contributed by atoms with Gasteiger partial charge in [0.05, 0.1) is 28.9 Å². The summed E-state index contributed by atoms with van der Waals surface area (Å²) in [7, 11) is 3.52. The summed E-state index contributed by atoms with van der Waals surface area (Å²) in [5.74, 6) is 0.647. The van der Waals surface area contributed by atoms with Crippen LogP contribution >= 0.6 is 23.2 Å². The lowest BCUT2D eigenvalue weighted by atomic mass is 10.1. The molecule has 2 aromatic rings. The molecule has 6 heteroatoms. The van der Waals surface area contributed by atoms with Crippen molar-refractivity contribution in [3.63, 3.8) is 0 Å². The molecule has 1 unspecified atom stereocenters. The van der Waals surface area contributed by atoms with E-state index in [0.29, 0.717) is 22.3 Å². The van der Waals surface area contributed by atoms with Crippen LogP contribution < -0.4 is 10.1 Å². The number of hydrogen-bond acceptors (Lipinski definition) is 3. The molecule has 0 aliphatic carbocycles. The van der Waals surface area contributed by atoms with Gasteiger partial charge in [-0.25, -0.2) is 0 Å². The molecule has 0 saturated carbocycles. The smallest absolute Gasteiger partial charge is 0.241 e. The van der Waals surface area contributed by atoms with Gasteiger partial charge in [-0.3, -0.25) is 9.69 Å². The molecule has 24 heavy (non-hydrogen) atoms. The average Bonchev–Trinajstić information content (AvgIpc) is 2.58. The van der Waals surface area contributed by atoms with Gasteiger partial charge >= 0.3 is 0 Å². The molecule has 0 spiro atoms. The van der Waals surface area contributed by atoms with E-state index >= 15 is 0 Å². The molecule has 128 valence electrons. The third-order valence-electron chi connectivity index (χ3n) is 3.82. The summed E-state index contributed by atoms with van der Waals surface area (Å²) in [6, 6.07) is 12.6. The number of carbonyl (C=O) groups excluding carboxylic acids is 1. The van der Waals surface area contributed by atoms with Gasteiger partial charge in [0.2, 0.25) is 5.91 Å². The van der Waals surface area contributed by atoms with Gasteiger partial charge < -0.3 is 10.1 Å². The molecule has 1 atom stereocenters. The van der Waals surface area contributed by atoms with Crippen LogP contribution in [0.2, 0.25) is 10.0 Å². The summed E-state index contributed by atoms with van der Waals surface area (Å²) < 4.78 is 5.22. The Labute approximate surface area is 152 Å². The number of nitrogens with one attached hydrogen (secondary N) is 1. The van der Waals surface area contributed by atoms with Gasteiger partial charge in [-0.05, 0) is 43.8 Å². The zero-order valence-corrected chi connectivity index (χ0v) is 15.4. The molecule has 0 aliphatic rings. The Morgan fingerprint density at radius 1 is 1.25 bits per heavy atom. The number of methoxy groups -OCH3 is 1. The second-order valence-corrected chi connectivity index (χ2v) is 6.32. The fourth-order valence-corrected chi connectivity index (χ4v) is 2.58. The topological polar surface area (TPSA) is 41.6 Å². The minimum Gasteiger partial charge on any atom is -0.497 e. The number of amides is 1. The molecule has 4 nitrogen and oxygen atoms in total. The van der Waals surface area contributed by atoms with Crippen LogP contribution in [0.15, 0.2) is 42.5 Å². The van der Waals surface area contributed by atoms with E-state index in [-0.39, 0.29) is 11.9 Å². The molecule has 2 rings (SSSR count). The maximum atomic E-state index is 12.5. The quantitative estimate of drug-likeness (QED) is 0.820. The molecule has 0 heterocycles. The zero-order valence-electron chi connectivity index (χ0n) is 13.8. The van der Waals surface area contributed by atoms with Gasteiger partial charge in [-0.2, -0.15) is 0 Å². The molecule has 0 fully saturated rings. The third-order valence-corrected chi connectivity index (χ3v) is 4.64. The van der Waals surface area contributed by atoms with Crippen LogP contribution in [0.5, 0.6) is 5.75 Å². The second-order valence-electron chi connectivity index (χ2n) is 5.53. The minimum atomic E-state index is -0.341. The van der Waals surface area contributed by atoms with E-state index in [9.17, 15) is 4.79 Å². The number of nitrogens with zero attached hydrogens (tertiary/aromatic N) is 1. The van der Waals surface area contributed by atoms with E-state index < -0.39 is 0 Å². The van der Waals surface area contributed by atoms with Gasteiger partial charge in [-0.1, -0.05) is 41.4 Å². The van der Waals surface area contributed by atoms with Gasteiger partial charge in [0.1, 0.15) is 5.75 Å². The van der Waals surface area contributed by atoms with Crippen molar-refractivity contribution in [2.45, 2.75) is 19.5 Å². The summed E-state index contributed by atoms with van der Waals surface area (Å²) in [5, 5.41) is 3.57. The third kappa shape index (κ3) is 4.63. The zero-order chi connectivity index (χ0) is 17.7. The Kier molecular flexibility index (Phi) is 6.49. The highest BCUT2D eigenvalue weighted by molar-refractivity contribution is 6.44. The van der Waals surface area contributed by atoms with E-state index in [2.05, 4.69) is 5.32 Å². The average molecular weight is 367 g/mol. The molecular weight excluding hydrogens is 347 g/mol. The maximum Gasteiger partial charge on any atom is 0.241 e. The van der Waals surface area contributed by atoms with Crippen LogP contribution in [-0.2, 0) is 11.3 Å². The second kappa shape index (κ2) is 8.38. The van der Waals surface area contributed by atoms with Crippen LogP contribution in [-0.4, -0.2) is 31.0 Å². The summed E-state index contributed by atoms with van der Waals surface area (Å²) in [6.07, 6.45) is 0. The van der Waals surface area contributed by atoms with Crippen molar-refractivity contribution in [2.75, 3.05) is 19.5 Å². The molecule has 0 bridgehead atoms. The van der Waals surface area contributed by atoms with E-state index in [1.807, 2.05) is 43.1 Å². The number of hydrogen-bond donors (Lipinski definition) is 1. The fourth-order valence-electron chi connectivity index (χ4n) is 2.23. The number of rotatable bonds is 6. The van der Waals surface area contributed by atoms with Gasteiger partial charge in [0.15, 0.2) is 0 Å². The molecule has 0 radical (unpaired) electrons. The SMILES string of the molecule is COc1cccc(CN(C)C(C)C(=O)Nc2cccc(Cl)c2Cl)c1. The summed E-state index contributed by atoms with van der Waals surface area (Å²) in [5.41, 5.74) is 1.58. The molecule has 0 aromatic heterocycles. The molecule has 2 aromatic carbocycles. The van der Waals surface area contributed by atoms with Crippen molar-refractivity contribution in [1.29, 1.82) is 0 Å². The van der Waals surface area contributed by atoms with Gasteiger partial charge in [-0.15, -0.1) is 0 Å². The van der Waals surface area contributed by atoms with Crippen molar-refractivity contribution in [3.05, 3.63) is 58.1 Å². The van der Waals surface area contributed by atoms with E-state index in [1.165, 1.54) is 0 Å². The highest BCUT2D eigenvalue weighted by atomic mass is 35.5. The minimum absolute atomic E-state index is 0.149. The molecule has 0 aliphatic heterocycles. The predicted molar refractivity (Wildman–Crippen MR) is 99.0 cm³/mol. The molecule has 1 N–H and O–H groups in total. The summed E-state index contributed by atoms with van der Waals surface area (Å²) >= 11 is 12.1. The lowest BCUT2D eigenvalue weighted by molar-refractivity contribution is -0.120. The first kappa shape index (κ1) is 18.6. The van der Waals surface area contributed by atoms with Crippen molar-refractivity contribution in [2.24, 2.45) is 0 Å². The number of halogens is 2. The number of ether oxygens (including phenoxy) is 1. The fraction of sp³-hybridized carbons (Fsp3) is 0.278. The predicted octanol–water partition coefficient (Wildman–Crippen LogP) is 4.46. The first-order chi connectivity index (χ1) is 11.4. The maximum absolute atomic E-state index is 12.5. The van der Waals surface area contributed by atoms with Crippen LogP contribution in [0.3, 0.4) is 0 Å². The molecular formula is C18H20Cl2N2O2. The van der Waals surface area contributed by atoms with Crippen LogP contribution in [0.4, 0.5) is 5.69 Å². The van der Waals surface area contributed by atoms with E-state index in [4.69, 9.17) is 27.9 Å². The Hall–Kier alpha value is -1.75. The van der Waals surface area contributed by atoms with E-state index in [1.54, 1.807) is 25.3 Å². The lowest BCUT2D eigenvalue weighted by Crippen LogP contribution is -2.39. The molecule has 0 saturated heterocycles. The Morgan fingerprint density at radius 2 is 1.96 bits per heavy atom. The summed E-state index contributed by atoms with van der Waals surface area (Å²) in [4.78, 5) is 14.4. The normalized spacial score (nSPS) is 12.1. The largest absolute Gasteiger partial charge is 0.497 e. The Balaban J connectivity index is 2.02. The Bertz CT molecular complexity index is 722. The first-order valence-electron chi connectivity index (χ1n) is 7.50. The highest BCUT2D eigenvalue weighted by Crippen LogP contribution is 2.29. The van der Waals surface area contributed by atoms with Crippen molar-refractivity contribution in [3.8, 4) is 5.75 Å². The van der Waals surface area contributed by atoms with Gasteiger partial charge in [0, 0.05) is 6.54 Å². The number of anilines is 1. The van der Waals surface area contributed by atoms with Crippen LogP contribution in [0, 0.1) is 0 Å². The van der Waals surface area contributed by atoms with Crippen LogP contribution in [0.1, 0.15) is 12.5 Å². The number of likely N-dealkylation sites (N-methyl/N-ethyl adjacent to an activating group) is 1. The van der Waals surface area contributed by atoms with Crippen molar-refractivity contribution >= 4 is 34.8 Å². The van der Waals surface area contributed by atoms with Crippen molar-refractivity contribution in [1.82, 2.24) is 4.90 Å². The van der Waals surface area contributed by atoms with Gasteiger partial charge in [0.25, 0.3) is 0 Å². The number of carbonyl (C=O) groups is 1. The monoisotopic (exact) mass is 366 g/mol. The lowest BCUT2D eigenvalue weighted by Gasteiger charge is -2.24.